The third-order valence-electron chi connectivity index (χ3n) is 4.37. The third-order valence-corrected chi connectivity index (χ3v) is 6.57. The molecule has 1 amide bonds. The van der Waals surface area contributed by atoms with Gasteiger partial charge >= 0.3 is 0 Å². The Bertz CT molecular complexity index is 1180. The van der Waals surface area contributed by atoms with E-state index in [0.29, 0.717) is 22.8 Å². The summed E-state index contributed by atoms with van der Waals surface area (Å²) >= 11 is 6.17. The topological polar surface area (TPSA) is 93.5 Å². The first kappa shape index (κ1) is 21.8. The van der Waals surface area contributed by atoms with E-state index < -0.39 is 15.9 Å². The lowest BCUT2D eigenvalue weighted by Gasteiger charge is -2.15. The predicted octanol–water partition coefficient (Wildman–Crippen LogP) is 3.10. The van der Waals surface area contributed by atoms with Gasteiger partial charge in [-0.25, -0.2) is 12.7 Å². The van der Waals surface area contributed by atoms with Gasteiger partial charge in [0.2, 0.25) is 10.0 Å². The van der Waals surface area contributed by atoms with E-state index in [2.05, 4.69) is 10.4 Å². The molecule has 1 N–H and O–H groups in total. The van der Waals surface area contributed by atoms with Crippen LogP contribution in [0.4, 0.5) is 5.69 Å². The largest absolute Gasteiger partial charge is 0.495 e. The number of hydrogen-bond acceptors (Lipinski definition) is 5. The first-order valence-electron chi connectivity index (χ1n) is 8.90. The monoisotopic (exact) mass is 448 g/mol. The van der Waals surface area contributed by atoms with Gasteiger partial charge in [-0.05, 0) is 29.8 Å². The molecular formula is C20H21ClN4O4S. The Balaban J connectivity index is 1.80. The maximum absolute atomic E-state index is 12.6. The molecule has 0 aliphatic heterocycles. The SMILES string of the molecule is COc1ccc(NC(=O)c2cnn(Cc3ccccc3Cl)c2)cc1S(=O)(=O)N(C)C. The molecule has 3 aromatic rings. The zero-order valence-corrected chi connectivity index (χ0v) is 18.2. The van der Waals surface area contributed by atoms with Crippen molar-refractivity contribution in [2.24, 2.45) is 0 Å². The third kappa shape index (κ3) is 4.64. The van der Waals surface area contributed by atoms with E-state index in [1.165, 1.54) is 39.5 Å². The van der Waals surface area contributed by atoms with Gasteiger partial charge in [-0.15, -0.1) is 0 Å². The zero-order chi connectivity index (χ0) is 21.9. The average Bonchev–Trinajstić information content (AvgIpc) is 3.18. The number of hydrogen-bond donors (Lipinski definition) is 1. The number of ether oxygens (including phenoxy) is 1. The number of nitrogens with zero attached hydrogens (tertiary/aromatic N) is 3. The van der Waals surface area contributed by atoms with Gasteiger partial charge in [0, 0.05) is 31.0 Å². The molecule has 2 aromatic carbocycles. The fraction of sp³-hybridized carbons (Fsp3) is 0.200. The number of rotatable bonds is 7. The maximum atomic E-state index is 12.6. The summed E-state index contributed by atoms with van der Waals surface area (Å²) in [4.78, 5) is 12.6. The molecule has 10 heteroatoms. The average molecular weight is 449 g/mol. The number of anilines is 1. The van der Waals surface area contributed by atoms with Crippen molar-refractivity contribution >= 4 is 33.2 Å². The minimum atomic E-state index is -3.75. The van der Waals surface area contributed by atoms with Gasteiger partial charge in [0.25, 0.3) is 5.91 Å². The van der Waals surface area contributed by atoms with Crippen molar-refractivity contribution < 1.29 is 17.9 Å². The van der Waals surface area contributed by atoms with Crippen molar-refractivity contribution in [2.75, 3.05) is 26.5 Å². The number of aromatic nitrogens is 2. The van der Waals surface area contributed by atoms with Crippen LogP contribution in [0, 0.1) is 0 Å². The Morgan fingerprint density at radius 1 is 1.23 bits per heavy atom. The Morgan fingerprint density at radius 3 is 2.63 bits per heavy atom. The Morgan fingerprint density at radius 2 is 1.97 bits per heavy atom. The van der Waals surface area contributed by atoms with Gasteiger partial charge < -0.3 is 10.1 Å². The van der Waals surface area contributed by atoms with Crippen molar-refractivity contribution in [3.63, 3.8) is 0 Å². The van der Waals surface area contributed by atoms with E-state index in [4.69, 9.17) is 16.3 Å². The van der Waals surface area contributed by atoms with Crippen LogP contribution in [-0.2, 0) is 16.6 Å². The molecule has 158 valence electrons. The minimum absolute atomic E-state index is 0.0396. The van der Waals surface area contributed by atoms with Crippen molar-refractivity contribution in [1.29, 1.82) is 0 Å². The van der Waals surface area contributed by atoms with Crippen molar-refractivity contribution in [3.05, 3.63) is 71.0 Å². The van der Waals surface area contributed by atoms with Gasteiger partial charge in [0.05, 0.1) is 25.4 Å². The summed E-state index contributed by atoms with van der Waals surface area (Å²) < 4.78 is 32.9. The summed E-state index contributed by atoms with van der Waals surface area (Å²) in [6.45, 7) is 0.417. The highest BCUT2D eigenvalue weighted by atomic mass is 35.5. The number of benzene rings is 2. The van der Waals surface area contributed by atoms with Gasteiger partial charge in [-0.2, -0.15) is 5.10 Å². The van der Waals surface area contributed by atoms with Crippen LogP contribution < -0.4 is 10.1 Å². The molecule has 0 atom stereocenters. The maximum Gasteiger partial charge on any atom is 0.258 e. The summed E-state index contributed by atoms with van der Waals surface area (Å²) in [5.74, 6) is -0.229. The predicted molar refractivity (Wildman–Crippen MR) is 115 cm³/mol. The van der Waals surface area contributed by atoms with Gasteiger partial charge in [0.15, 0.2) is 0 Å². The van der Waals surface area contributed by atoms with Gasteiger partial charge in [-0.3, -0.25) is 9.48 Å². The van der Waals surface area contributed by atoms with Crippen LogP contribution in [0.3, 0.4) is 0 Å². The second-order valence-corrected chi connectivity index (χ2v) is 9.15. The zero-order valence-electron chi connectivity index (χ0n) is 16.7. The summed E-state index contributed by atoms with van der Waals surface area (Å²) in [5, 5.41) is 7.51. The Hall–Kier alpha value is -2.88. The van der Waals surface area contributed by atoms with Gasteiger partial charge in [0.1, 0.15) is 10.6 Å². The lowest BCUT2D eigenvalue weighted by Crippen LogP contribution is -2.23. The van der Waals surface area contributed by atoms with E-state index in [9.17, 15) is 13.2 Å². The number of sulfonamides is 1. The van der Waals surface area contributed by atoms with Crippen LogP contribution >= 0.6 is 11.6 Å². The molecule has 0 aliphatic carbocycles. The highest BCUT2D eigenvalue weighted by Crippen LogP contribution is 2.29. The number of methoxy groups -OCH3 is 1. The summed E-state index contributed by atoms with van der Waals surface area (Å²) in [6, 6.07) is 11.8. The summed E-state index contributed by atoms with van der Waals surface area (Å²) in [5.41, 5.74) is 1.53. The Kier molecular flexibility index (Phi) is 6.45. The summed E-state index contributed by atoms with van der Waals surface area (Å²) in [6.07, 6.45) is 3.03. The molecule has 3 rings (SSSR count). The molecule has 0 bridgehead atoms. The Labute approximate surface area is 180 Å². The second kappa shape index (κ2) is 8.86. The van der Waals surface area contributed by atoms with Crippen molar-refractivity contribution in [2.45, 2.75) is 11.4 Å². The van der Waals surface area contributed by atoms with E-state index in [-0.39, 0.29) is 10.6 Å². The standard InChI is InChI=1S/C20H21ClN4O4S/c1-24(2)30(27,28)19-10-16(8-9-18(19)29-3)23-20(26)15-11-22-25(13-15)12-14-6-4-5-7-17(14)21/h4-11,13H,12H2,1-3H3,(H,23,26). The highest BCUT2D eigenvalue weighted by molar-refractivity contribution is 7.89. The quantitative estimate of drug-likeness (QED) is 0.599. The first-order valence-corrected chi connectivity index (χ1v) is 10.7. The van der Waals surface area contributed by atoms with Crippen LogP contribution in [0.5, 0.6) is 5.75 Å². The molecule has 0 fully saturated rings. The number of carbonyl (C=O) groups is 1. The van der Waals surface area contributed by atoms with E-state index >= 15 is 0 Å². The molecule has 1 aromatic heterocycles. The number of halogens is 1. The van der Waals surface area contributed by atoms with Crippen molar-refractivity contribution in [1.82, 2.24) is 14.1 Å². The van der Waals surface area contributed by atoms with E-state index in [1.807, 2.05) is 18.2 Å². The molecule has 0 unspecified atom stereocenters. The molecule has 0 saturated carbocycles. The number of carbonyl (C=O) groups excluding carboxylic acids is 1. The molecule has 0 saturated heterocycles. The number of amides is 1. The molecule has 30 heavy (non-hydrogen) atoms. The lowest BCUT2D eigenvalue weighted by molar-refractivity contribution is 0.102. The van der Waals surface area contributed by atoms with Crippen LogP contribution in [0.25, 0.3) is 0 Å². The second-order valence-electron chi connectivity index (χ2n) is 6.63. The van der Waals surface area contributed by atoms with Crippen LogP contribution in [-0.4, -0.2) is 49.6 Å². The number of nitrogens with one attached hydrogen (secondary N) is 1. The minimum Gasteiger partial charge on any atom is -0.495 e. The van der Waals surface area contributed by atoms with Crippen molar-refractivity contribution in [3.8, 4) is 5.75 Å². The molecule has 8 nitrogen and oxygen atoms in total. The molecule has 0 spiro atoms. The molecular weight excluding hydrogens is 428 g/mol. The highest BCUT2D eigenvalue weighted by Gasteiger charge is 2.23. The van der Waals surface area contributed by atoms with E-state index in [0.717, 1.165) is 9.87 Å². The molecule has 0 radical (unpaired) electrons. The van der Waals surface area contributed by atoms with Crippen LogP contribution in [0.2, 0.25) is 5.02 Å². The van der Waals surface area contributed by atoms with Crippen LogP contribution in [0.15, 0.2) is 59.8 Å². The fourth-order valence-corrected chi connectivity index (χ4v) is 3.99. The molecule has 0 aliphatic rings. The van der Waals surface area contributed by atoms with Gasteiger partial charge in [-0.1, -0.05) is 29.8 Å². The summed E-state index contributed by atoms with van der Waals surface area (Å²) in [7, 11) is 0.484. The van der Waals surface area contributed by atoms with Crippen LogP contribution in [0.1, 0.15) is 15.9 Å². The lowest BCUT2D eigenvalue weighted by atomic mass is 10.2. The normalized spacial score (nSPS) is 11.5. The van der Waals surface area contributed by atoms with E-state index in [1.54, 1.807) is 23.0 Å². The smallest absolute Gasteiger partial charge is 0.258 e. The molecule has 1 heterocycles. The first-order chi connectivity index (χ1) is 14.2. The fourth-order valence-electron chi connectivity index (χ4n) is 2.72.